The van der Waals surface area contributed by atoms with Gasteiger partial charge in [-0.25, -0.2) is 4.79 Å². The first kappa shape index (κ1) is 12.2. The summed E-state index contributed by atoms with van der Waals surface area (Å²) < 4.78 is 5.30. The van der Waals surface area contributed by atoms with Crippen LogP contribution in [0.5, 0.6) is 0 Å². The number of amides is 1. The monoisotopic (exact) mass is 254 g/mol. The first-order valence-electron chi connectivity index (χ1n) is 5.64. The second kappa shape index (κ2) is 5.38. The summed E-state index contributed by atoms with van der Waals surface area (Å²) >= 11 is 5.80. The summed E-state index contributed by atoms with van der Waals surface area (Å²) in [5, 5.41) is 0.653. The van der Waals surface area contributed by atoms with Gasteiger partial charge in [0.15, 0.2) is 0 Å². The third-order valence-corrected chi connectivity index (χ3v) is 3.04. The summed E-state index contributed by atoms with van der Waals surface area (Å²) in [5.74, 6) is 0. The van der Waals surface area contributed by atoms with Crippen molar-refractivity contribution in [3.8, 4) is 0 Å². The number of halogens is 1. The van der Waals surface area contributed by atoms with E-state index in [1.54, 1.807) is 17.0 Å². The fourth-order valence-electron chi connectivity index (χ4n) is 1.87. The lowest BCUT2D eigenvalue weighted by Crippen LogP contribution is -2.42. The first-order valence-corrected chi connectivity index (χ1v) is 6.02. The molecule has 1 unspecified atom stereocenters. The van der Waals surface area contributed by atoms with Gasteiger partial charge in [0, 0.05) is 23.7 Å². The Morgan fingerprint density at radius 3 is 2.71 bits per heavy atom. The average Bonchev–Trinajstić information content (AvgIpc) is 2.31. The summed E-state index contributed by atoms with van der Waals surface area (Å²) in [6, 6.07) is 7.14. The van der Waals surface area contributed by atoms with Crippen LogP contribution in [0.15, 0.2) is 24.3 Å². The van der Waals surface area contributed by atoms with Crippen LogP contribution in [0.3, 0.4) is 0 Å². The highest BCUT2D eigenvalue weighted by atomic mass is 35.5. The number of nitrogens with two attached hydrogens (primary N) is 1. The van der Waals surface area contributed by atoms with Crippen LogP contribution in [0, 0.1) is 0 Å². The highest BCUT2D eigenvalue weighted by Gasteiger charge is 2.27. The van der Waals surface area contributed by atoms with Crippen LogP contribution in [0.25, 0.3) is 0 Å². The predicted octanol–water partition coefficient (Wildman–Crippen LogP) is 2.40. The molecule has 4 nitrogen and oxygen atoms in total. The molecule has 1 heterocycles. The van der Waals surface area contributed by atoms with E-state index in [1.165, 1.54) is 0 Å². The SMILES string of the molecule is NCCC1CCN(c2ccc(Cl)cc2)C(=O)O1. The first-order chi connectivity index (χ1) is 8.20. The molecule has 1 aliphatic rings. The van der Waals surface area contributed by atoms with Crippen molar-refractivity contribution in [2.75, 3.05) is 18.0 Å². The fraction of sp³-hybridized carbons (Fsp3) is 0.417. The third-order valence-electron chi connectivity index (χ3n) is 2.79. The molecule has 1 aliphatic heterocycles. The van der Waals surface area contributed by atoms with Gasteiger partial charge in [-0.15, -0.1) is 0 Å². The third kappa shape index (κ3) is 2.90. The summed E-state index contributed by atoms with van der Waals surface area (Å²) in [5.41, 5.74) is 6.26. The Kier molecular flexibility index (Phi) is 3.86. The summed E-state index contributed by atoms with van der Waals surface area (Å²) in [7, 11) is 0. The van der Waals surface area contributed by atoms with Crippen LogP contribution in [0.1, 0.15) is 12.8 Å². The van der Waals surface area contributed by atoms with Crippen LogP contribution >= 0.6 is 11.6 Å². The van der Waals surface area contributed by atoms with Gasteiger partial charge in [0.25, 0.3) is 0 Å². The molecule has 0 bridgehead atoms. The molecule has 1 aromatic carbocycles. The lowest BCUT2D eigenvalue weighted by molar-refractivity contribution is 0.0807. The molecule has 92 valence electrons. The fourth-order valence-corrected chi connectivity index (χ4v) is 2.00. The molecule has 0 saturated carbocycles. The normalized spacial score (nSPS) is 20.2. The van der Waals surface area contributed by atoms with Gasteiger partial charge in [-0.3, -0.25) is 4.90 Å². The van der Waals surface area contributed by atoms with Gasteiger partial charge in [-0.2, -0.15) is 0 Å². The van der Waals surface area contributed by atoms with Crippen LogP contribution in [0.4, 0.5) is 10.5 Å². The number of carbonyl (C=O) groups is 1. The molecule has 5 heteroatoms. The second-order valence-corrected chi connectivity index (χ2v) is 4.44. The number of nitrogens with zero attached hydrogens (tertiary/aromatic N) is 1. The second-order valence-electron chi connectivity index (χ2n) is 4.00. The maximum atomic E-state index is 11.8. The standard InChI is InChI=1S/C12H15ClN2O2/c13-9-1-3-10(4-2-9)15-8-6-11(5-7-14)17-12(15)16/h1-4,11H,5-8,14H2. The Morgan fingerprint density at radius 2 is 2.12 bits per heavy atom. The topological polar surface area (TPSA) is 55.6 Å². The van der Waals surface area contributed by atoms with Gasteiger partial charge in [0.05, 0.1) is 0 Å². The molecule has 1 amide bonds. The van der Waals surface area contributed by atoms with Crippen LogP contribution in [0.2, 0.25) is 5.02 Å². The molecule has 2 N–H and O–H groups in total. The number of rotatable bonds is 3. The van der Waals surface area contributed by atoms with Crippen LogP contribution < -0.4 is 10.6 Å². The number of cyclic esters (lactones) is 1. The molecular formula is C12H15ClN2O2. The predicted molar refractivity (Wildman–Crippen MR) is 67.4 cm³/mol. The maximum absolute atomic E-state index is 11.8. The van der Waals surface area contributed by atoms with E-state index in [-0.39, 0.29) is 12.2 Å². The summed E-state index contributed by atoms with van der Waals surface area (Å²) in [6.07, 6.45) is 1.18. The van der Waals surface area contributed by atoms with E-state index in [1.807, 2.05) is 12.1 Å². The molecule has 0 spiro atoms. The zero-order valence-corrected chi connectivity index (χ0v) is 10.2. The van der Waals surface area contributed by atoms with Gasteiger partial charge in [0.2, 0.25) is 0 Å². The minimum Gasteiger partial charge on any atom is -0.446 e. The number of anilines is 1. The lowest BCUT2D eigenvalue weighted by Gasteiger charge is -2.31. The molecule has 1 saturated heterocycles. The number of ether oxygens (including phenoxy) is 1. The van der Waals surface area contributed by atoms with Crippen molar-refractivity contribution in [1.29, 1.82) is 0 Å². The largest absolute Gasteiger partial charge is 0.446 e. The van der Waals surface area contributed by atoms with Crippen molar-refractivity contribution in [1.82, 2.24) is 0 Å². The van der Waals surface area contributed by atoms with E-state index in [4.69, 9.17) is 22.1 Å². The van der Waals surface area contributed by atoms with Crippen molar-refractivity contribution in [3.05, 3.63) is 29.3 Å². The molecule has 0 aliphatic carbocycles. The molecule has 1 atom stereocenters. The van der Waals surface area contributed by atoms with E-state index in [9.17, 15) is 4.79 Å². The quantitative estimate of drug-likeness (QED) is 0.901. The van der Waals surface area contributed by atoms with Crippen molar-refractivity contribution >= 4 is 23.4 Å². The van der Waals surface area contributed by atoms with E-state index < -0.39 is 0 Å². The Labute approximate surface area is 105 Å². The Bertz CT molecular complexity index is 394. The van der Waals surface area contributed by atoms with Crippen molar-refractivity contribution in [3.63, 3.8) is 0 Å². The maximum Gasteiger partial charge on any atom is 0.414 e. The number of benzene rings is 1. The Morgan fingerprint density at radius 1 is 1.41 bits per heavy atom. The van der Waals surface area contributed by atoms with Crippen molar-refractivity contribution < 1.29 is 9.53 Å². The molecule has 1 aromatic rings. The molecule has 0 aromatic heterocycles. The Balaban J connectivity index is 2.04. The van der Waals surface area contributed by atoms with E-state index in [2.05, 4.69) is 0 Å². The van der Waals surface area contributed by atoms with Crippen LogP contribution in [-0.4, -0.2) is 25.3 Å². The highest BCUT2D eigenvalue weighted by Crippen LogP contribution is 2.23. The van der Waals surface area contributed by atoms with Crippen molar-refractivity contribution in [2.45, 2.75) is 18.9 Å². The summed E-state index contributed by atoms with van der Waals surface area (Å²) in [6.45, 7) is 1.20. The van der Waals surface area contributed by atoms with Gasteiger partial charge >= 0.3 is 6.09 Å². The smallest absolute Gasteiger partial charge is 0.414 e. The van der Waals surface area contributed by atoms with E-state index >= 15 is 0 Å². The number of carbonyl (C=O) groups excluding carboxylic acids is 1. The minimum absolute atomic E-state index is 0.0453. The average molecular weight is 255 g/mol. The van der Waals surface area contributed by atoms with Crippen LogP contribution in [-0.2, 0) is 4.74 Å². The van der Waals surface area contributed by atoms with Gasteiger partial charge in [0.1, 0.15) is 6.10 Å². The molecule has 2 rings (SSSR count). The summed E-state index contributed by atoms with van der Waals surface area (Å²) in [4.78, 5) is 13.4. The van der Waals surface area contributed by atoms with Gasteiger partial charge in [-0.05, 0) is 37.2 Å². The number of hydrogen-bond acceptors (Lipinski definition) is 3. The van der Waals surface area contributed by atoms with E-state index in [0.717, 1.165) is 18.5 Å². The minimum atomic E-state index is -0.308. The van der Waals surface area contributed by atoms with Gasteiger partial charge in [-0.1, -0.05) is 11.6 Å². The zero-order valence-electron chi connectivity index (χ0n) is 9.43. The molecular weight excluding hydrogens is 240 g/mol. The lowest BCUT2D eigenvalue weighted by atomic mass is 10.1. The zero-order chi connectivity index (χ0) is 12.3. The van der Waals surface area contributed by atoms with Crippen molar-refractivity contribution in [2.24, 2.45) is 5.73 Å². The van der Waals surface area contributed by atoms with Gasteiger partial charge < -0.3 is 10.5 Å². The molecule has 0 radical (unpaired) electrons. The molecule has 17 heavy (non-hydrogen) atoms. The highest BCUT2D eigenvalue weighted by molar-refractivity contribution is 6.30. The molecule has 1 fully saturated rings. The Hall–Kier alpha value is -1.26. The van der Waals surface area contributed by atoms with E-state index in [0.29, 0.717) is 18.1 Å². The number of hydrogen-bond donors (Lipinski definition) is 1.